The van der Waals surface area contributed by atoms with E-state index >= 15 is 0 Å². The molecule has 62 valence electrons. The number of rotatable bonds is 1. The molecular weight excluding hydrogens is 138 g/mol. The Balaban J connectivity index is 2.11. The fraction of sp³-hybridized carbons (Fsp3) is 0.889. The van der Waals surface area contributed by atoms with Gasteiger partial charge < -0.3 is 5.73 Å². The molecule has 0 radical (unpaired) electrons. The molecule has 2 N–H and O–H groups in total. The summed E-state index contributed by atoms with van der Waals surface area (Å²) in [6.07, 6.45) is 5.71. The molecule has 2 aliphatic rings. The predicted octanol–water partition coefficient (Wildman–Crippen LogP) is 1.09. The Morgan fingerprint density at radius 2 is 2.18 bits per heavy atom. The second-order valence-electron chi connectivity index (χ2n) is 3.97. The fourth-order valence-electron chi connectivity index (χ4n) is 2.46. The summed E-state index contributed by atoms with van der Waals surface area (Å²) in [5.74, 6) is 0.682. The molecule has 2 saturated carbocycles. The first kappa shape index (κ1) is 7.29. The van der Waals surface area contributed by atoms with Crippen molar-refractivity contribution in [1.29, 1.82) is 0 Å². The van der Waals surface area contributed by atoms with Crippen LogP contribution in [0.1, 0.15) is 32.1 Å². The lowest BCUT2D eigenvalue weighted by Crippen LogP contribution is -2.36. The van der Waals surface area contributed by atoms with E-state index in [-0.39, 0.29) is 11.3 Å². The second kappa shape index (κ2) is 2.31. The monoisotopic (exact) mass is 153 g/mol. The maximum absolute atomic E-state index is 11.7. The Bertz CT molecular complexity index is 184. The first-order valence-corrected chi connectivity index (χ1v) is 4.53. The Morgan fingerprint density at radius 3 is 2.45 bits per heavy atom. The molecule has 0 aromatic carbocycles. The molecule has 0 aromatic heterocycles. The van der Waals surface area contributed by atoms with Gasteiger partial charge in [0, 0.05) is 17.9 Å². The fourth-order valence-corrected chi connectivity index (χ4v) is 2.46. The van der Waals surface area contributed by atoms with Crippen molar-refractivity contribution < 1.29 is 4.79 Å². The van der Waals surface area contributed by atoms with E-state index in [1.807, 2.05) is 0 Å². The normalized spacial score (nSPS) is 34.3. The summed E-state index contributed by atoms with van der Waals surface area (Å²) in [5, 5.41) is 0. The van der Waals surface area contributed by atoms with Crippen molar-refractivity contribution in [2.45, 2.75) is 32.1 Å². The van der Waals surface area contributed by atoms with Gasteiger partial charge in [-0.3, -0.25) is 4.79 Å². The van der Waals surface area contributed by atoms with Crippen molar-refractivity contribution in [2.75, 3.05) is 6.54 Å². The smallest absolute Gasteiger partial charge is 0.143 e. The van der Waals surface area contributed by atoms with Gasteiger partial charge in [0.1, 0.15) is 5.78 Å². The minimum absolute atomic E-state index is 0.129. The zero-order valence-corrected chi connectivity index (χ0v) is 6.81. The Kier molecular flexibility index (Phi) is 1.53. The number of carbonyl (C=O) groups excluding carboxylic acids is 1. The van der Waals surface area contributed by atoms with Gasteiger partial charge in [0.2, 0.25) is 0 Å². The molecule has 1 atom stereocenters. The van der Waals surface area contributed by atoms with E-state index in [1.165, 1.54) is 6.42 Å². The molecule has 2 fully saturated rings. The lowest BCUT2D eigenvalue weighted by atomic mass is 9.66. The molecular formula is C9H15NO. The van der Waals surface area contributed by atoms with Gasteiger partial charge in [0.15, 0.2) is 0 Å². The van der Waals surface area contributed by atoms with Gasteiger partial charge in [-0.05, 0) is 25.7 Å². The molecule has 2 heteroatoms. The van der Waals surface area contributed by atoms with E-state index in [4.69, 9.17) is 5.73 Å². The lowest BCUT2D eigenvalue weighted by molar-refractivity contribution is -0.132. The highest BCUT2D eigenvalue weighted by Gasteiger charge is 2.50. The third-order valence-electron chi connectivity index (χ3n) is 3.46. The van der Waals surface area contributed by atoms with E-state index in [2.05, 4.69) is 0 Å². The van der Waals surface area contributed by atoms with Crippen LogP contribution in [0, 0.1) is 11.3 Å². The van der Waals surface area contributed by atoms with E-state index in [9.17, 15) is 4.79 Å². The maximum Gasteiger partial charge on any atom is 0.143 e. The number of nitrogens with two attached hydrogens (primary N) is 1. The number of hydrogen-bond donors (Lipinski definition) is 1. The van der Waals surface area contributed by atoms with Gasteiger partial charge in [-0.2, -0.15) is 0 Å². The highest BCUT2D eigenvalue weighted by molar-refractivity contribution is 5.90. The zero-order chi connectivity index (χ0) is 7.90. The van der Waals surface area contributed by atoms with Crippen LogP contribution in [-0.4, -0.2) is 12.3 Å². The van der Waals surface area contributed by atoms with E-state index in [1.54, 1.807) is 0 Å². The maximum atomic E-state index is 11.7. The molecule has 11 heavy (non-hydrogen) atoms. The third-order valence-corrected chi connectivity index (χ3v) is 3.46. The first-order valence-electron chi connectivity index (χ1n) is 4.53. The number of carbonyl (C=O) groups is 1. The average molecular weight is 153 g/mol. The Hall–Kier alpha value is -0.370. The molecule has 1 spiro atoms. The van der Waals surface area contributed by atoms with Crippen molar-refractivity contribution in [3.05, 3.63) is 0 Å². The van der Waals surface area contributed by atoms with Crippen LogP contribution in [0.4, 0.5) is 0 Å². The van der Waals surface area contributed by atoms with E-state index in [0.717, 1.165) is 25.7 Å². The Morgan fingerprint density at radius 1 is 1.45 bits per heavy atom. The third kappa shape index (κ3) is 0.853. The molecule has 0 aromatic rings. The summed E-state index contributed by atoms with van der Waals surface area (Å²) in [5.41, 5.74) is 5.63. The summed E-state index contributed by atoms with van der Waals surface area (Å²) >= 11 is 0. The van der Waals surface area contributed by atoms with Crippen LogP contribution in [0.2, 0.25) is 0 Å². The average Bonchev–Trinajstić information content (AvgIpc) is 2.25. The van der Waals surface area contributed by atoms with Crippen LogP contribution < -0.4 is 5.73 Å². The van der Waals surface area contributed by atoms with Gasteiger partial charge in [-0.25, -0.2) is 0 Å². The van der Waals surface area contributed by atoms with Gasteiger partial charge in [-0.1, -0.05) is 6.42 Å². The van der Waals surface area contributed by atoms with Crippen molar-refractivity contribution in [3.63, 3.8) is 0 Å². The van der Waals surface area contributed by atoms with E-state index < -0.39 is 0 Å². The predicted molar refractivity (Wildman–Crippen MR) is 43.1 cm³/mol. The van der Waals surface area contributed by atoms with Crippen LogP contribution in [-0.2, 0) is 4.79 Å². The van der Waals surface area contributed by atoms with Crippen LogP contribution >= 0.6 is 0 Å². The molecule has 0 aliphatic heterocycles. The topological polar surface area (TPSA) is 43.1 Å². The van der Waals surface area contributed by atoms with Gasteiger partial charge in [0.05, 0.1) is 0 Å². The quantitative estimate of drug-likeness (QED) is 0.613. The molecule has 2 aliphatic carbocycles. The second-order valence-corrected chi connectivity index (χ2v) is 3.97. The summed E-state index contributed by atoms with van der Waals surface area (Å²) in [7, 11) is 0. The minimum atomic E-state index is 0.129. The van der Waals surface area contributed by atoms with Crippen molar-refractivity contribution >= 4 is 5.78 Å². The van der Waals surface area contributed by atoms with Crippen molar-refractivity contribution in [2.24, 2.45) is 17.1 Å². The molecule has 0 saturated heterocycles. The molecule has 0 amide bonds. The summed E-state index contributed by atoms with van der Waals surface area (Å²) < 4.78 is 0. The van der Waals surface area contributed by atoms with Crippen LogP contribution in [0.5, 0.6) is 0 Å². The number of Topliss-reactive ketones (excluding diaryl/α,β-unsaturated/α-hetero) is 1. The van der Waals surface area contributed by atoms with Crippen molar-refractivity contribution in [3.8, 4) is 0 Å². The van der Waals surface area contributed by atoms with E-state index in [0.29, 0.717) is 12.3 Å². The number of ketones is 1. The summed E-state index contributed by atoms with van der Waals surface area (Å²) in [4.78, 5) is 11.7. The first-order chi connectivity index (χ1) is 5.28. The van der Waals surface area contributed by atoms with Crippen LogP contribution in [0.25, 0.3) is 0 Å². The summed E-state index contributed by atoms with van der Waals surface area (Å²) in [6.45, 7) is 0.570. The van der Waals surface area contributed by atoms with Gasteiger partial charge in [0.25, 0.3) is 0 Å². The molecule has 0 bridgehead atoms. The van der Waals surface area contributed by atoms with Gasteiger partial charge in [-0.15, -0.1) is 0 Å². The van der Waals surface area contributed by atoms with Crippen molar-refractivity contribution in [1.82, 2.24) is 0 Å². The minimum Gasteiger partial charge on any atom is -0.330 e. The lowest BCUT2D eigenvalue weighted by Gasteiger charge is -2.36. The highest BCUT2D eigenvalue weighted by atomic mass is 16.1. The highest BCUT2D eigenvalue weighted by Crippen LogP contribution is 2.52. The molecule has 0 heterocycles. The summed E-state index contributed by atoms with van der Waals surface area (Å²) in [6, 6.07) is 0. The Labute approximate surface area is 67.1 Å². The van der Waals surface area contributed by atoms with Crippen LogP contribution in [0.15, 0.2) is 0 Å². The molecule has 2 nitrogen and oxygen atoms in total. The standard InChI is InChI=1S/C9H15NO/c10-6-7-2-5-9(8(7)11)3-1-4-9/h7H,1-6,10H2. The number of hydrogen-bond acceptors (Lipinski definition) is 2. The SMILES string of the molecule is NCC1CCC2(CCC2)C1=O. The molecule has 1 unspecified atom stereocenters. The van der Waals surface area contributed by atoms with Crippen LogP contribution in [0.3, 0.4) is 0 Å². The largest absolute Gasteiger partial charge is 0.330 e. The molecule has 2 rings (SSSR count). The van der Waals surface area contributed by atoms with Gasteiger partial charge >= 0.3 is 0 Å². The zero-order valence-electron chi connectivity index (χ0n) is 6.81.